The highest BCUT2D eigenvalue weighted by Gasteiger charge is 2.20. The molecule has 112 valence electrons. The van der Waals surface area contributed by atoms with Gasteiger partial charge in [0.2, 0.25) is 0 Å². The Morgan fingerprint density at radius 1 is 1.10 bits per heavy atom. The highest BCUT2D eigenvalue weighted by atomic mass is 79.9. The third-order valence-electron chi connectivity index (χ3n) is 3.01. The van der Waals surface area contributed by atoms with Gasteiger partial charge in [-0.25, -0.2) is 0 Å². The van der Waals surface area contributed by atoms with E-state index in [-0.39, 0.29) is 0 Å². The molecule has 2 aromatic rings. The molecule has 0 saturated carbocycles. The third-order valence-corrected chi connectivity index (χ3v) is 4.44. The normalized spacial score (nSPS) is 12.1. The molecule has 1 atom stereocenters. The van der Waals surface area contributed by atoms with Crippen molar-refractivity contribution in [1.29, 1.82) is 0 Å². The second kappa shape index (κ2) is 7.01. The van der Waals surface area contributed by atoms with E-state index >= 15 is 0 Å². The number of hydrogen-bond donors (Lipinski definition) is 1. The van der Waals surface area contributed by atoms with Crippen molar-refractivity contribution in [2.24, 2.45) is 0 Å². The Morgan fingerprint density at radius 3 is 2.38 bits per heavy atom. The molecular formula is C15H13Br2ClO3. The van der Waals surface area contributed by atoms with E-state index in [4.69, 9.17) is 21.1 Å². The van der Waals surface area contributed by atoms with Gasteiger partial charge in [-0.15, -0.1) is 0 Å². The van der Waals surface area contributed by atoms with E-state index in [1.165, 1.54) is 0 Å². The van der Waals surface area contributed by atoms with Crippen molar-refractivity contribution in [1.82, 2.24) is 0 Å². The first-order chi connectivity index (χ1) is 9.97. The zero-order chi connectivity index (χ0) is 15.6. The molecule has 1 N–H and O–H groups in total. The summed E-state index contributed by atoms with van der Waals surface area (Å²) in [6.45, 7) is 0. The van der Waals surface area contributed by atoms with Crippen LogP contribution in [0.3, 0.4) is 0 Å². The van der Waals surface area contributed by atoms with Gasteiger partial charge in [0, 0.05) is 15.1 Å². The van der Waals surface area contributed by atoms with Gasteiger partial charge in [-0.1, -0.05) is 27.5 Å². The van der Waals surface area contributed by atoms with E-state index in [1.807, 2.05) is 6.07 Å². The van der Waals surface area contributed by atoms with E-state index < -0.39 is 6.10 Å². The van der Waals surface area contributed by atoms with E-state index in [0.717, 1.165) is 4.47 Å². The average molecular weight is 437 g/mol. The molecule has 0 saturated heterocycles. The first-order valence-corrected chi connectivity index (χ1v) is 7.98. The fourth-order valence-electron chi connectivity index (χ4n) is 2.05. The molecule has 6 heteroatoms. The fourth-order valence-corrected chi connectivity index (χ4v) is 3.62. The van der Waals surface area contributed by atoms with Crippen LogP contribution < -0.4 is 9.47 Å². The zero-order valence-electron chi connectivity index (χ0n) is 11.4. The van der Waals surface area contributed by atoms with Gasteiger partial charge < -0.3 is 14.6 Å². The number of ether oxygens (including phenoxy) is 2. The highest BCUT2D eigenvalue weighted by Crippen LogP contribution is 2.41. The van der Waals surface area contributed by atoms with Crippen molar-refractivity contribution in [2.45, 2.75) is 6.10 Å². The Bertz CT molecular complexity index is 641. The number of methoxy groups -OCH3 is 2. The minimum Gasteiger partial charge on any atom is -0.495 e. The standard InChI is InChI=1S/C15H13Br2ClO3/c1-20-12-4-3-11(15(21-2)13(12)17)14(19)8-5-9(16)7-10(18)6-8/h3-7,14,19H,1-2H3. The molecule has 0 bridgehead atoms. The summed E-state index contributed by atoms with van der Waals surface area (Å²) in [5.41, 5.74) is 1.30. The lowest BCUT2D eigenvalue weighted by atomic mass is 10.0. The second-order valence-electron chi connectivity index (χ2n) is 4.31. The van der Waals surface area contributed by atoms with Crippen LogP contribution >= 0.6 is 43.5 Å². The summed E-state index contributed by atoms with van der Waals surface area (Å²) in [5.74, 6) is 1.16. The molecule has 0 aliphatic carbocycles. The molecule has 0 amide bonds. The maximum atomic E-state index is 10.6. The Kier molecular flexibility index (Phi) is 5.54. The van der Waals surface area contributed by atoms with Gasteiger partial charge in [-0.2, -0.15) is 0 Å². The largest absolute Gasteiger partial charge is 0.495 e. The van der Waals surface area contributed by atoms with E-state index in [2.05, 4.69) is 31.9 Å². The molecule has 2 aromatic carbocycles. The molecule has 0 aliphatic rings. The summed E-state index contributed by atoms with van der Waals surface area (Å²) in [4.78, 5) is 0. The van der Waals surface area contributed by atoms with E-state index in [9.17, 15) is 5.11 Å². The number of rotatable bonds is 4. The lowest BCUT2D eigenvalue weighted by molar-refractivity contribution is 0.214. The smallest absolute Gasteiger partial charge is 0.142 e. The van der Waals surface area contributed by atoms with Crippen LogP contribution in [0.1, 0.15) is 17.2 Å². The first-order valence-electron chi connectivity index (χ1n) is 6.02. The molecule has 0 radical (unpaired) electrons. The highest BCUT2D eigenvalue weighted by molar-refractivity contribution is 9.11. The molecule has 0 spiro atoms. The molecule has 0 fully saturated rings. The Morgan fingerprint density at radius 2 is 1.81 bits per heavy atom. The molecule has 0 heterocycles. The van der Waals surface area contributed by atoms with Gasteiger partial charge in [-0.05, 0) is 51.8 Å². The fraction of sp³-hybridized carbons (Fsp3) is 0.200. The molecule has 3 nitrogen and oxygen atoms in total. The minimum atomic E-state index is -0.864. The van der Waals surface area contributed by atoms with Crippen LogP contribution in [0.15, 0.2) is 39.3 Å². The van der Waals surface area contributed by atoms with Gasteiger partial charge >= 0.3 is 0 Å². The number of aliphatic hydroxyl groups excluding tert-OH is 1. The summed E-state index contributed by atoms with van der Waals surface area (Å²) in [6.07, 6.45) is -0.864. The first kappa shape index (κ1) is 16.6. The molecule has 1 unspecified atom stereocenters. The molecule has 0 aliphatic heterocycles. The quantitative estimate of drug-likeness (QED) is 0.736. The molecule has 2 rings (SSSR count). The number of aliphatic hydroxyl groups is 1. The Balaban J connectivity index is 2.52. The van der Waals surface area contributed by atoms with Crippen molar-refractivity contribution in [3.63, 3.8) is 0 Å². The number of hydrogen-bond acceptors (Lipinski definition) is 3. The number of halogens is 3. The van der Waals surface area contributed by atoms with Crippen molar-refractivity contribution in [3.05, 3.63) is 55.4 Å². The van der Waals surface area contributed by atoms with Crippen LogP contribution in [0.5, 0.6) is 11.5 Å². The van der Waals surface area contributed by atoms with Crippen molar-refractivity contribution in [3.8, 4) is 11.5 Å². The van der Waals surface area contributed by atoms with E-state index in [0.29, 0.717) is 32.1 Å². The summed E-state index contributed by atoms with van der Waals surface area (Å²) in [6, 6.07) is 8.83. The number of benzene rings is 2. The van der Waals surface area contributed by atoms with Gasteiger partial charge in [0.1, 0.15) is 22.1 Å². The Hall–Kier alpha value is -0.750. The second-order valence-corrected chi connectivity index (χ2v) is 6.45. The zero-order valence-corrected chi connectivity index (χ0v) is 15.3. The topological polar surface area (TPSA) is 38.7 Å². The van der Waals surface area contributed by atoms with E-state index in [1.54, 1.807) is 38.5 Å². The summed E-state index contributed by atoms with van der Waals surface area (Å²) in [5, 5.41) is 11.2. The maximum Gasteiger partial charge on any atom is 0.142 e. The van der Waals surface area contributed by atoms with Crippen LogP contribution in [0.25, 0.3) is 0 Å². The summed E-state index contributed by atoms with van der Waals surface area (Å²) >= 11 is 12.8. The van der Waals surface area contributed by atoms with Crippen LogP contribution in [0.2, 0.25) is 5.02 Å². The van der Waals surface area contributed by atoms with Crippen molar-refractivity contribution in [2.75, 3.05) is 14.2 Å². The average Bonchev–Trinajstić information content (AvgIpc) is 2.45. The molecule has 21 heavy (non-hydrogen) atoms. The summed E-state index contributed by atoms with van der Waals surface area (Å²) in [7, 11) is 3.12. The SMILES string of the molecule is COc1ccc(C(O)c2cc(Cl)cc(Br)c2)c(OC)c1Br. The predicted molar refractivity (Wildman–Crippen MR) is 90.5 cm³/mol. The third kappa shape index (κ3) is 3.54. The summed E-state index contributed by atoms with van der Waals surface area (Å²) < 4.78 is 12.1. The van der Waals surface area contributed by atoms with Gasteiger partial charge in [-0.3, -0.25) is 0 Å². The van der Waals surface area contributed by atoms with Crippen LogP contribution in [0.4, 0.5) is 0 Å². The van der Waals surface area contributed by atoms with Gasteiger partial charge in [0.15, 0.2) is 0 Å². The van der Waals surface area contributed by atoms with Crippen molar-refractivity contribution < 1.29 is 14.6 Å². The molecular weight excluding hydrogens is 423 g/mol. The van der Waals surface area contributed by atoms with Crippen LogP contribution in [0, 0.1) is 0 Å². The minimum absolute atomic E-state index is 0.526. The maximum absolute atomic E-state index is 10.6. The predicted octanol–water partition coefficient (Wildman–Crippen LogP) is 4.96. The van der Waals surface area contributed by atoms with Crippen LogP contribution in [-0.4, -0.2) is 19.3 Å². The lowest BCUT2D eigenvalue weighted by Crippen LogP contribution is -2.04. The molecule has 0 aromatic heterocycles. The Labute approximate surface area is 145 Å². The van der Waals surface area contributed by atoms with Gasteiger partial charge in [0.05, 0.1) is 14.2 Å². The van der Waals surface area contributed by atoms with Crippen LogP contribution in [-0.2, 0) is 0 Å². The lowest BCUT2D eigenvalue weighted by Gasteiger charge is -2.18. The van der Waals surface area contributed by atoms with Gasteiger partial charge in [0.25, 0.3) is 0 Å². The van der Waals surface area contributed by atoms with Crippen molar-refractivity contribution >= 4 is 43.5 Å². The monoisotopic (exact) mass is 434 g/mol.